The smallest absolute Gasteiger partial charge is 0.227 e. The summed E-state index contributed by atoms with van der Waals surface area (Å²) in [6.07, 6.45) is 0. The molecule has 0 aliphatic rings. The first-order chi connectivity index (χ1) is 10.9. The van der Waals surface area contributed by atoms with Gasteiger partial charge in [-0.1, -0.05) is 29.8 Å². The lowest BCUT2D eigenvalue weighted by Gasteiger charge is -2.24. The van der Waals surface area contributed by atoms with Gasteiger partial charge in [-0.25, -0.2) is 4.99 Å². The molecule has 0 saturated heterocycles. The second kappa shape index (κ2) is 11.5. The number of amides is 1. The van der Waals surface area contributed by atoms with Gasteiger partial charge in [0, 0.05) is 24.7 Å². The van der Waals surface area contributed by atoms with Crippen LogP contribution in [0.5, 0.6) is 0 Å². The van der Waals surface area contributed by atoms with Crippen LogP contribution in [-0.2, 0) is 11.3 Å². The second-order valence-electron chi connectivity index (χ2n) is 5.88. The van der Waals surface area contributed by atoms with Crippen molar-refractivity contribution in [3.63, 3.8) is 0 Å². The first-order valence-corrected chi connectivity index (χ1v) is 8.32. The molecule has 0 fully saturated rings. The topological polar surface area (TPSA) is 65.5 Å². The number of nitrogens with zero attached hydrogens (tertiary/aromatic N) is 1. The van der Waals surface area contributed by atoms with E-state index in [9.17, 15) is 4.79 Å². The zero-order valence-electron chi connectivity index (χ0n) is 14.8. The van der Waals surface area contributed by atoms with Gasteiger partial charge < -0.3 is 16.0 Å². The fourth-order valence-corrected chi connectivity index (χ4v) is 2.11. The van der Waals surface area contributed by atoms with Gasteiger partial charge >= 0.3 is 0 Å². The molecule has 0 bridgehead atoms. The van der Waals surface area contributed by atoms with Crippen molar-refractivity contribution in [3.05, 3.63) is 34.9 Å². The maximum Gasteiger partial charge on any atom is 0.227 e. The summed E-state index contributed by atoms with van der Waals surface area (Å²) in [4.78, 5) is 16.6. The molecule has 1 amide bonds. The van der Waals surface area contributed by atoms with E-state index in [0.717, 1.165) is 12.1 Å². The van der Waals surface area contributed by atoms with Crippen LogP contribution >= 0.6 is 35.6 Å². The molecule has 136 valence electrons. The van der Waals surface area contributed by atoms with Gasteiger partial charge in [0.25, 0.3) is 0 Å². The minimum Gasteiger partial charge on any atom is -0.357 e. The number of rotatable bonds is 7. The zero-order chi connectivity index (χ0) is 17.3. The van der Waals surface area contributed by atoms with Crippen LogP contribution in [0, 0.1) is 5.41 Å². The molecule has 3 N–H and O–H groups in total. The van der Waals surface area contributed by atoms with E-state index >= 15 is 0 Å². The normalized spacial score (nSPS) is 11.5. The maximum absolute atomic E-state index is 12.0. The summed E-state index contributed by atoms with van der Waals surface area (Å²) in [5.74, 6) is 0.694. The van der Waals surface area contributed by atoms with Crippen LogP contribution in [0.3, 0.4) is 0 Å². The van der Waals surface area contributed by atoms with Crippen LogP contribution in [0.4, 0.5) is 0 Å². The van der Waals surface area contributed by atoms with Crippen LogP contribution < -0.4 is 16.0 Å². The van der Waals surface area contributed by atoms with E-state index in [2.05, 4.69) is 20.9 Å². The third-order valence-corrected chi connectivity index (χ3v) is 3.73. The molecule has 0 radical (unpaired) electrons. The summed E-state index contributed by atoms with van der Waals surface area (Å²) in [7, 11) is 0. The number of hydrogen-bond donors (Lipinski definition) is 3. The lowest BCUT2D eigenvalue weighted by molar-refractivity contribution is -0.128. The summed E-state index contributed by atoms with van der Waals surface area (Å²) in [6.45, 7) is 10.1. The van der Waals surface area contributed by atoms with E-state index in [4.69, 9.17) is 11.6 Å². The number of hydrogen-bond acceptors (Lipinski definition) is 2. The molecule has 0 aliphatic heterocycles. The lowest BCUT2D eigenvalue weighted by Crippen LogP contribution is -2.47. The minimum absolute atomic E-state index is 0. The maximum atomic E-state index is 12.0. The highest BCUT2D eigenvalue weighted by Crippen LogP contribution is 2.16. The fourth-order valence-electron chi connectivity index (χ4n) is 1.92. The highest BCUT2D eigenvalue weighted by atomic mass is 127. The predicted octanol–water partition coefficient (Wildman–Crippen LogP) is 3.18. The van der Waals surface area contributed by atoms with E-state index in [0.29, 0.717) is 30.6 Å². The van der Waals surface area contributed by atoms with E-state index in [1.165, 1.54) is 0 Å². The Hall–Kier alpha value is -1.02. The van der Waals surface area contributed by atoms with Crippen molar-refractivity contribution < 1.29 is 4.79 Å². The highest BCUT2D eigenvalue weighted by Gasteiger charge is 2.27. The number of guanidine groups is 1. The average molecular weight is 467 g/mol. The van der Waals surface area contributed by atoms with Gasteiger partial charge in [-0.3, -0.25) is 4.79 Å². The third-order valence-electron chi connectivity index (χ3n) is 3.36. The summed E-state index contributed by atoms with van der Waals surface area (Å²) in [5, 5.41) is 9.96. The summed E-state index contributed by atoms with van der Waals surface area (Å²) in [5.41, 5.74) is 0.450. The Morgan fingerprint density at radius 3 is 2.33 bits per heavy atom. The molecule has 0 heterocycles. The molecule has 0 spiro atoms. The Labute approximate surface area is 167 Å². The first kappa shape index (κ1) is 23.0. The molecule has 24 heavy (non-hydrogen) atoms. The van der Waals surface area contributed by atoms with E-state index in [1.54, 1.807) is 0 Å². The largest absolute Gasteiger partial charge is 0.357 e. The Kier molecular flexibility index (Phi) is 11.0. The number of aliphatic imine (C=N–C) groups is 1. The molecule has 1 aromatic carbocycles. The number of nitrogens with one attached hydrogen (secondary N) is 3. The Bertz CT molecular complexity index is 549. The van der Waals surface area contributed by atoms with Gasteiger partial charge in [0.05, 0.1) is 12.0 Å². The van der Waals surface area contributed by atoms with Crippen LogP contribution in [0.2, 0.25) is 5.02 Å². The number of halogens is 2. The number of carbonyl (C=O) groups excluding carboxylic acids is 1. The van der Waals surface area contributed by atoms with Crippen molar-refractivity contribution in [1.82, 2.24) is 16.0 Å². The number of benzene rings is 1. The van der Waals surface area contributed by atoms with Gasteiger partial charge in [-0.05, 0) is 39.3 Å². The second-order valence-corrected chi connectivity index (χ2v) is 6.29. The molecule has 0 aliphatic carbocycles. The van der Waals surface area contributed by atoms with Crippen molar-refractivity contribution in [2.24, 2.45) is 10.4 Å². The highest BCUT2D eigenvalue weighted by molar-refractivity contribution is 14.0. The molecular formula is C17H28ClIN4O. The average Bonchev–Trinajstić information content (AvgIpc) is 2.51. The third kappa shape index (κ3) is 7.70. The van der Waals surface area contributed by atoms with Crippen molar-refractivity contribution in [3.8, 4) is 0 Å². The molecule has 0 atom stereocenters. The fraction of sp³-hybridized carbons (Fsp3) is 0.529. The summed E-state index contributed by atoms with van der Waals surface area (Å²) >= 11 is 6.15. The Morgan fingerprint density at radius 1 is 1.12 bits per heavy atom. The molecule has 5 nitrogen and oxygen atoms in total. The van der Waals surface area contributed by atoms with E-state index in [-0.39, 0.29) is 29.9 Å². The van der Waals surface area contributed by atoms with Crippen molar-refractivity contribution >= 4 is 47.4 Å². The first-order valence-electron chi connectivity index (χ1n) is 7.94. The lowest BCUT2D eigenvalue weighted by atomic mass is 9.92. The van der Waals surface area contributed by atoms with Gasteiger partial charge in [0.1, 0.15) is 0 Å². The van der Waals surface area contributed by atoms with Gasteiger partial charge in [-0.15, -0.1) is 24.0 Å². The minimum atomic E-state index is -0.517. The van der Waals surface area contributed by atoms with Gasteiger partial charge in [-0.2, -0.15) is 0 Å². The number of carbonyl (C=O) groups is 1. The van der Waals surface area contributed by atoms with Gasteiger partial charge in [0.15, 0.2) is 5.96 Å². The molecule has 0 aromatic heterocycles. The quantitative estimate of drug-likeness (QED) is 0.328. The molecule has 1 aromatic rings. The van der Waals surface area contributed by atoms with Crippen LogP contribution in [-0.4, -0.2) is 31.5 Å². The molecular weight excluding hydrogens is 439 g/mol. The SMILES string of the molecule is CCNC(=O)C(C)(C)CNC(=NCc1ccccc1Cl)NCC.I. The molecule has 0 unspecified atom stereocenters. The predicted molar refractivity (Wildman–Crippen MR) is 112 cm³/mol. The summed E-state index contributed by atoms with van der Waals surface area (Å²) in [6, 6.07) is 7.64. The zero-order valence-corrected chi connectivity index (χ0v) is 17.9. The monoisotopic (exact) mass is 466 g/mol. The Morgan fingerprint density at radius 2 is 1.75 bits per heavy atom. The molecule has 7 heteroatoms. The van der Waals surface area contributed by atoms with E-state index < -0.39 is 5.41 Å². The molecule has 0 saturated carbocycles. The Balaban J connectivity index is 0.00000529. The summed E-state index contributed by atoms with van der Waals surface area (Å²) < 4.78 is 0. The van der Waals surface area contributed by atoms with Crippen molar-refractivity contribution in [1.29, 1.82) is 0 Å². The van der Waals surface area contributed by atoms with Crippen molar-refractivity contribution in [2.45, 2.75) is 34.2 Å². The van der Waals surface area contributed by atoms with Crippen LogP contribution in [0.1, 0.15) is 33.3 Å². The van der Waals surface area contributed by atoms with Gasteiger partial charge in [0.2, 0.25) is 5.91 Å². The standard InChI is InChI=1S/C17H27ClN4O.HI/c1-5-19-15(23)17(3,4)12-22-16(20-6-2)21-11-13-9-7-8-10-14(13)18;/h7-10H,5-6,11-12H2,1-4H3,(H,19,23)(H2,20,21,22);1H. The van der Waals surface area contributed by atoms with Crippen LogP contribution in [0.15, 0.2) is 29.3 Å². The van der Waals surface area contributed by atoms with Crippen molar-refractivity contribution in [2.75, 3.05) is 19.6 Å². The van der Waals surface area contributed by atoms with E-state index in [1.807, 2.05) is 52.0 Å². The van der Waals surface area contributed by atoms with Crippen LogP contribution in [0.25, 0.3) is 0 Å². The molecule has 1 rings (SSSR count).